The van der Waals surface area contributed by atoms with Crippen molar-refractivity contribution in [2.24, 2.45) is 0 Å². The highest BCUT2D eigenvalue weighted by Gasteiger charge is 2.32. The summed E-state index contributed by atoms with van der Waals surface area (Å²) in [6.45, 7) is 3.73. The van der Waals surface area contributed by atoms with Crippen molar-refractivity contribution >= 4 is 5.91 Å². The van der Waals surface area contributed by atoms with Gasteiger partial charge in [-0.2, -0.15) is 0 Å². The van der Waals surface area contributed by atoms with E-state index < -0.39 is 0 Å². The molecule has 114 valence electrons. The Hall–Kier alpha value is -1.43. The summed E-state index contributed by atoms with van der Waals surface area (Å²) in [7, 11) is 0. The lowest BCUT2D eigenvalue weighted by atomic mass is 10.0. The normalized spacial score (nSPS) is 25.0. The zero-order valence-corrected chi connectivity index (χ0v) is 12.3. The lowest BCUT2D eigenvalue weighted by molar-refractivity contribution is -0.130. The molecule has 3 aliphatic rings. The second-order valence-corrected chi connectivity index (χ2v) is 6.51. The molecule has 2 aliphatic heterocycles. The number of hydrogen-bond donors (Lipinski definition) is 0. The van der Waals surface area contributed by atoms with Crippen LogP contribution >= 0.6 is 0 Å². The molecule has 1 aromatic heterocycles. The van der Waals surface area contributed by atoms with E-state index in [1.807, 2.05) is 0 Å². The first-order valence-electron chi connectivity index (χ1n) is 8.14. The van der Waals surface area contributed by atoms with Crippen LogP contribution in [0.1, 0.15) is 56.2 Å². The van der Waals surface area contributed by atoms with Gasteiger partial charge >= 0.3 is 0 Å². The minimum Gasteiger partial charge on any atom is -0.424 e. The number of carbonyl (C=O) groups is 1. The topological polar surface area (TPSA) is 62.5 Å². The summed E-state index contributed by atoms with van der Waals surface area (Å²) in [6, 6.07) is 0.445. The summed E-state index contributed by atoms with van der Waals surface area (Å²) in [5.41, 5.74) is 0. The van der Waals surface area contributed by atoms with Crippen LogP contribution in [-0.4, -0.2) is 51.6 Å². The van der Waals surface area contributed by atoms with Gasteiger partial charge in [-0.25, -0.2) is 0 Å². The maximum atomic E-state index is 11.8. The minimum atomic E-state index is 0.347. The molecule has 0 N–H and O–H groups in total. The molecule has 1 amide bonds. The molecule has 0 atom stereocenters. The van der Waals surface area contributed by atoms with Crippen LogP contribution in [0.2, 0.25) is 0 Å². The molecule has 0 unspecified atom stereocenters. The van der Waals surface area contributed by atoms with E-state index in [2.05, 4.69) is 20.0 Å². The first-order valence-corrected chi connectivity index (χ1v) is 8.14. The Morgan fingerprint density at radius 3 is 2.57 bits per heavy atom. The SMILES string of the molecule is O=C1CCCN1C1CCN(Cc2nnc(C3CC3)o2)CC1. The van der Waals surface area contributed by atoms with E-state index in [9.17, 15) is 4.79 Å². The van der Waals surface area contributed by atoms with Gasteiger partial charge in [-0.3, -0.25) is 9.69 Å². The molecular formula is C15H22N4O2. The smallest absolute Gasteiger partial charge is 0.230 e. The quantitative estimate of drug-likeness (QED) is 0.841. The minimum absolute atomic E-state index is 0.347. The molecule has 0 aromatic carbocycles. The largest absolute Gasteiger partial charge is 0.424 e. The monoisotopic (exact) mass is 290 g/mol. The molecule has 2 saturated heterocycles. The number of hydrogen-bond acceptors (Lipinski definition) is 5. The van der Waals surface area contributed by atoms with Gasteiger partial charge in [0, 0.05) is 38.0 Å². The van der Waals surface area contributed by atoms with Gasteiger partial charge in [-0.05, 0) is 32.1 Å². The first-order chi connectivity index (χ1) is 10.3. The zero-order valence-electron chi connectivity index (χ0n) is 12.3. The van der Waals surface area contributed by atoms with E-state index in [-0.39, 0.29) is 0 Å². The van der Waals surface area contributed by atoms with Crippen molar-refractivity contribution in [3.05, 3.63) is 11.8 Å². The molecule has 0 spiro atoms. The third-order valence-electron chi connectivity index (χ3n) is 4.88. The van der Waals surface area contributed by atoms with E-state index in [0.717, 1.165) is 63.6 Å². The Bertz CT molecular complexity index is 517. The molecule has 21 heavy (non-hydrogen) atoms. The number of amides is 1. The number of nitrogens with zero attached hydrogens (tertiary/aromatic N) is 4. The van der Waals surface area contributed by atoms with Gasteiger partial charge in [0.1, 0.15) is 0 Å². The summed E-state index contributed by atoms with van der Waals surface area (Å²) in [4.78, 5) is 16.3. The van der Waals surface area contributed by atoms with E-state index in [1.165, 1.54) is 12.8 Å². The van der Waals surface area contributed by atoms with E-state index in [1.54, 1.807) is 0 Å². The fourth-order valence-electron chi connectivity index (χ4n) is 3.46. The number of carbonyl (C=O) groups excluding carboxylic acids is 1. The Kier molecular flexibility index (Phi) is 3.41. The lowest BCUT2D eigenvalue weighted by Crippen LogP contribution is -2.45. The van der Waals surface area contributed by atoms with Crippen LogP contribution in [0.3, 0.4) is 0 Å². The number of rotatable bonds is 4. The van der Waals surface area contributed by atoms with Gasteiger partial charge in [-0.1, -0.05) is 0 Å². The van der Waals surface area contributed by atoms with Crippen LogP contribution < -0.4 is 0 Å². The molecule has 1 saturated carbocycles. The Morgan fingerprint density at radius 1 is 1.10 bits per heavy atom. The van der Waals surface area contributed by atoms with Crippen molar-refractivity contribution in [1.82, 2.24) is 20.0 Å². The molecule has 0 radical (unpaired) electrons. The predicted octanol–water partition coefficient (Wildman–Crippen LogP) is 1.53. The summed E-state index contributed by atoms with van der Waals surface area (Å²) in [5, 5.41) is 8.29. The van der Waals surface area contributed by atoms with Crippen LogP contribution in [0.25, 0.3) is 0 Å². The number of aromatic nitrogens is 2. The first kappa shape index (κ1) is 13.2. The maximum absolute atomic E-state index is 11.8. The molecule has 4 rings (SSSR count). The second-order valence-electron chi connectivity index (χ2n) is 6.51. The van der Waals surface area contributed by atoms with Crippen molar-refractivity contribution in [3.8, 4) is 0 Å². The summed E-state index contributed by atoms with van der Waals surface area (Å²) < 4.78 is 5.73. The molecule has 6 nitrogen and oxygen atoms in total. The highest BCUT2D eigenvalue weighted by atomic mass is 16.4. The number of likely N-dealkylation sites (tertiary alicyclic amines) is 2. The van der Waals surface area contributed by atoms with Gasteiger partial charge < -0.3 is 9.32 Å². The van der Waals surface area contributed by atoms with Crippen molar-refractivity contribution in [2.45, 2.75) is 57.0 Å². The molecule has 6 heteroatoms. The van der Waals surface area contributed by atoms with Crippen molar-refractivity contribution in [3.63, 3.8) is 0 Å². The average Bonchev–Trinajstić information content (AvgIpc) is 3.10. The van der Waals surface area contributed by atoms with Crippen LogP contribution in [0.4, 0.5) is 0 Å². The van der Waals surface area contributed by atoms with E-state index >= 15 is 0 Å². The third-order valence-corrected chi connectivity index (χ3v) is 4.88. The molecule has 1 aliphatic carbocycles. The molecular weight excluding hydrogens is 268 g/mol. The van der Waals surface area contributed by atoms with Crippen molar-refractivity contribution < 1.29 is 9.21 Å². The molecule has 3 fully saturated rings. The molecule has 3 heterocycles. The maximum Gasteiger partial charge on any atom is 0.230 e. The fraction of sp³-hybridized carbons (Fsp3) is 0.800. The molecule has 0 bridgehead atoms. The van der Waals surface area contributed by atoms with E-state index in [4.69, 9.17) is 4.42 Å². The zero-order chi connectivity index (χ0) is 14.2. The third kappa shape index (κ3) is 2.81. The summed E-state index contributed by atoms with van der Waals surface area (Å²) in [5.74, 6) is 2.44. The predicted molar refractivity (Wildman–Crippen MR) is 75.5 cm³/mol. The van der Waals surface area contributed by atoms with Gasteiger partial charge in [0.2, 0.25) is 17.7 Å². The molecule has 1 aromatic rings. The van der Waals surface area contributed by atoms with Crippen molar-refractivity contribution in [1.29, 1.82) is 0 Å². The van der Waals surface area contributed by atoms with E-state index in [0.29, 0.717) is 17.9 Å². The van der Waals surface area contributed by atoms with Crippen LogP contribution in [0, 0.1) is 0 Å². The Morgan fingerprint density at radius 2 is 1.90 bits per heavy atom. The Balaban J connectivity index is 1.29. The highest BCUT2D eigenvalue weighted by molar-refractivity contribution is 5.78. The van der Waals surface area contributed by atoms with Gasteiger partial charge in [-0.15, -0.1) is 10.2 Å². The second kappa shape index (κ2) is 5.40. The summed E-state index contributed by atoms with van der Waals surface area (Å²) >= 11 is 0. The average molecular weight is 290 g/mol. The van der Waals surface area contributed by atoms with Crippen molar-refractivity contribution in [2.75, 3.05) is 19.6 Å². The van der Waals surface area contributed by atoms with Gasteiger partial charge in [0.15, 0.2) is 0 Å². The Labute approximate surface area is 124 Å². The van der Waals surface area contributed by atoms with Crippen LogP contribution in [-0.2, 0) is 11.3 Å². The standard InChI is InChI=1S/C15H22N4O2/c20-14-2-1-7-19(14)12-5-8-18(9-6-12)10-13-16-17-15(21-13)11-3-4-11/h11-12H,1-10H2. The lowest BCUT2D eigenvalue weighted by Gasteiger charge is -2.36. The highest BCUT2D eigenvalue weighted by Crippen LogP contribution is 2.39. The number of piperidine rings is 1. The van der Waals surface area contributed by atoms with Gasteiger partial charge in [0.25, 0.3) is 0 Å². The van der Waals surface area contributed by atoms with Crippen LogP contribution in [0.15, 0.2) is 4.42 Å². The van der Waals surface area contributed by atoms with Crippen LogP contribution in [0.5, 0.6) is 0 Å². The van der Waals surface area contributed by atoms with Gasteiger partial charge in [0.05, 0.1) is 6.54 Å². The summed E-state index contributed by atoms with van der Waals surface area (Å²) in [6.07, 6.45) is 6.29. The fourth-order valence-corrected chi connectivity index (χ4v) is 3.46.